The molecule has 132 valence electrons. The van der Waals surface area contributed by atoms with Crippen LogP contribution in [0.2, 0.25) is 5.02 Å². The maximum atomic E-state index is 12.7. The summed E-state index contributed by atoms with van der Waals surface area (Å²) in [5.74, 6) is -0.389. The van der Waals surface area contributed by atoms with Gasteiger partial charge in [0.05, 0.1) is 12.6 Å². The van der Waals surface area contributed by atoms with E-state index < -0.39 is 17.7 Å². The zero-order valence-electron chi connectivity index (χ0n) is 14.5. The molecule has 1 aromatic carbocycles. The van der Waals surface area contributed by atoms with E-state index in [0.717, 1.165) is 5.56 Å². The van der Waals surface area contributed by atoms with Gasteiger partial charge in [-0.1, -0.05) is 23.7 Å². The standard InChI is InChI=1S/C18H24ClNO4/c1-5-23-16(21)15-11-10-14(12-6-8-13(19)9-7-12)20(15)17(22)24-18(2,3)4/h6-9,14-15H,5,10-11H2,1-4H3/t14-,15+/m0/s1. The van der Waals surface area contributed by atoms with Crippen molar-refractivity contribution in [2.75, 3.05) is 6.61 Å². The van der Waals surface area contributed by atoms with Gasteiger partial charge in [-0.3, -0.25) is 4.90 Å². The number of benzene rings is 1. The van der Waals surface area contributed by atoms with Gasteiger partial charge in [-0.2, -0.15) is 0 Å². The smallest absolute Gasteiger partial charge is 0.411 e. The van der Waals surface area contributed by atoms with Crippen molar-refractivity contribution in [1.29, 1.82) is 0 Å². The molecular formula is C18H24ClNO4. The van der Waals surface area contributed by atoms with Gasteiger partial charge in [-0.25, -0.2) is 9.59 Å². The molecule has 0 radical (unpaired) electrons. The SMILES string of the molecule is CCOC(=O)[C@H]1CC[C@@H](c2ccc(Cl)cc2)N1C(=O)OC(C)(C)C. The van der Waals surface area contributed by atoms with Crippen LogP contribution in [0, 0.1) is 0 Å². The number of hydrogen-bond acceptors (Lipinski definition) is 4. The number of halogens is 1. The minimum absolute atomic E-state index is 0.230. The molecular weight excluding hydrogens is 330 g/mol. The Kier molecular flexibility index (Phi) is 5.75. The van der Waals surface area contributed by atoms with Crippen molar-refractivity contribution in [2.24, 2.45) is 0 Å². The maximum absolute atomic E-state index is 12.7. The predicted octanol–water partition coefficient (Wildman–Crippen LogP) is 4.34. The first-order valence-corrected chi connectivity index (χ1v) is 8.54. The second kappa shape index (κ2) is 7.43. The molecule has 0 unspecified atom stereocenters. The van der Waals surface area contributed by atoms with Crippen LogP contribution in [-0.2, 0) is 14.3 Å². The van der Waals surface area contributed by atoms with E-state index in [9.17, 15) is 9.59 Å². The van der Waals surface area contributed by atoms with Crippen molar-refractivity contribution >= 4 is 23.7 Å². The number of rotatable bonds is 3. The quantitative estimate of drug-likeness (QED) is 0.758. The van der Waals surface area contributed by atoms with Crippen molar-refractivity contribution in [3.63, 3.8) is 0 Å². The van der Waals surface area contributed by atoms with Gasteiger partial charge in [0.25, 0.3) is 0 Å². The number of likely N-dealkylation sites (tertiary alicyclic amines) is 1. The monoisotopic (exact) mass is 353 g/mol. The highest BCUT2D eigenvalue weighted by Gasteiger charge is 2.44. The minimum Gasteiger partial charge on any atom is -0.464 e. The first-order chi connectivity index (χ1) is 11.2. The zero-order valence-corrected chi connectivity index (χ0v) is 15.3. The topological polar surface area (TPSA) is 55.8 Å². The van der Waals surface area contributed by atoms with E-state index in [1.807, 2.05) is 12.1 Å². The van der Waals surface area contributed by atoms with Crippen LogP contribution < -0.4 is 0 Å². The number of ether oxygens (including phenoxy) is 2. The average molecular weight is 354 g/mol. The van der Waals surface area contributed by atoms with Crippen LogP contribution in [0.25, 0.3) is 0 Å². The van der Waals surface area contributed by atoms with E-state index in [0.29, 0.717) is 17.9 Å². The molecule has 1 saturated heterocycles. The molecule has 1 heterocycles. The lowest BCUT2D eigenvalue weighted by Gasteiger charge is -2.32. The number of hydrogen-bond donors (Lipinski definition) is 0. The molecule has 1 amide bonds. The Bertz CT molecular complexity index is 594. The summed E-state index contributed by atoms with van der Waals surface area (Å²) in [4.78, 5) is 26.5. The minimum atomic E-state index is -0.635. The van der Waals surface area contributed by atoms with Gasteiger partial charge in [0.15, 0.2) is 0 Å². The van der Waals surface area contributed by atoms with E-state index in [1.165, 1.54) is 4.90 Å². The highest BCUT2D eigenvalue weighted by atomic mass is 35.5. The Balaban J connectivity index is 2.30. The van der Waals surface area contributed by atoms with Gasteiger partial charge >= 0.3 is 12.1 Å². The summed E-state index contributed by atoms with van der Waals surface area (Å²) in [6.45, 7) is 7.44. The van der Waals surface area contributed by atoms with Crippen LogP contribution in [0.15, 0.2) is 24.3 Å². The summed E-state index contributed by atoms with van der Waals surface area (Å²) in [5, 5.41) is 0.627. The van der Waals surface area contributed by atoms with Gasteiger partial charge < -0.3 is 9.47 Å². The fraction of sp³-hybridized carbons (Fsp3) is 0.556. The molecule has 0 bridgehead atoms. The van der Waals surface area contributed by atoms with E-state index >= 15 is 0 Å². The number of esters is 1. The molecule has 0 spiro atoms. The van der Waals surface area contributed by atoms with Gasteiger partial charge in [-0.05, 0) is 58.2 Å². The highest BCUT2D eigenvalue weighted by Crippen LogP contribution is 2.38. The second-order valence-electron chi connectivity index (χ2n) is 6.80. The van der Waals surface area contributed by atoms with Crippen LogP contribution in [0.4, 0.5) is 4.79 Å². The fourth-order valence-corrected chi connectivity index (χ4v) is 2.99. The van der Waals surface area contributed by atoms with E-state index in [-0.39, 0.29) is 18.6 Å². The maximum Gasteiger partial charge on any atom is 0.411 e. The Morgan fingerprint density at radius 3 is 2.38 bits per heavy atom. The van der Waals surface area contributed by atoms with Crippen LogP contribution in [0.5, 0.6) is 0 Å². The molecule has 2 rings (SSSR count). The molecule has 6 heteroatoms. The molecule has 1 aromatic rings. The molecule has 24 heavy (non-hydrogen) atoms. The molecule has 1 aliphatic heterocycles. The van der Waals surface area contributed by atoms with Gasteiger partial charge in [0, 0.05) is 5.02 Å². The third-order valence-corrected chi connectivity index (χ3v) is 4.05. The summed E-state index contributed by atoms with van der Waals surface area (Å²) >= 11 is 5.95. The molecule has 0 aliphatic carbocycles. The molecule has 5 nitrogen and oxygen atoms in total. The van der Waals surface area contributed by atoms with E-state index in [2.05, 4.69) is 0 Å². The first kappa shape index (κ1) is 18.6. The summed E-state index contributed by atoms with van der Waals surface area (Å²) in [5.41, 5.74) is 0.292. The predicted molar refractivity (Wildman–Crippen MR) is 91.9 cm³/mol. The largest absolute Gasteiger partial charge is 0.464 e. The van der Waals surface area contributed by atoms with Crippen LogP contribution in [0.1, 0.15) is 52.1 Å². The highest BCUT2D eigenvalue weighted by molar-refractivity contribution is 6.30. The molecule has 0 saturated carbocycles. The molecule has 0 N–H and O–H groups in total. The molecule has 2 atom stereocenters. The number of nitrogens with zero attached hydrogens (tertiary/aromatic N) is 1. The Morgan fingerprint density at radius 2 is 1.83 bits per heavy atom. The van der Waals surface area contributed by atoms with Crippen LogP contribution >= 0.6 is 11.6 Å². The Hall–Kier alpha value is -1.75. The lowest BCUT2D eigenvalue weighted by Crippen LogP contribution is -2.45. The number of amides is 1. The van der Waals surface area contributed by atoms with Crippen molar-refractivity contribution in [3.05, 3.63) is 34.9 Å². The third kappa shape index (κ3) is 4.41. The van der Waals surface area contributed by atoms with Crippen LogP contribution in [0.3, 0.4) is 0 Å². The lowest BCUT2D eigenvalue weighted by atomic mass is 10.1. The van der Waals surface area contributed by atoms with Gasteiger partial charge in [0.2, 0.25) is 0 Å². The van der Waals surface area contributed by atoms with Crippen molar-refractivity contribution in [1.82, 2.24) is 4.90 Å². The van der Waals surface area contributed by atoms with Crippen molar-refractivity contribution in [2.45, 2.75) is 58.2 Å². The third-order valence-electron chi connectivity index (χ3n) is 3.80. The normalized spacial score (nSPS) is 20.8. The molecule has 1 fully saturated rings. The summed E-state index contributed by atoms with van der Waals surface area (Å²) in [6.07, 6.45) is 0.716. The lowest BCUT2D eigenvalue weighted by molar-refractivity contribution is -0.148. The summed E-state index contributed by atoms with van der Waals surface area (Å²) < 4.78 is 10.6. The summed E-state index contributed by atoms with van der Waals surface area (Å²) in [7, 11) is 0. The Morgan fingerprint density at radius 1 is 1.21 bits per heavy atom. The number of carbonyl (C=O) groups is 2. The first-order valence-electron chi connectivity index (χ1n) is 8.16. The van der Waals surface area contributed by atoms with Crippen molar-refractivity contribution < 1.29 is 19.1 Å². The average Bonchev–Trinajstić information content (AvgIpc) is 2.91. The van der Waals surface area contributed by atoms with Gasteiger partial charge in [-0.15, -0.1) is 0 Å². The van der Waals surface area contributed by atoms with Crippen LogP contribution in [-0.4, -0.2) is 35.2 Å². The molecule has 1 aliphatic rings. The van der Waals surface area contributed by atoms with E-state index in [4.69, 9.17) is 21.1 Å². The van der Waals surface area contributed by atoms with Gasteiger partial charge in [0.1, 0.15) is 11.6 Å². The zero-order chi connectivity index (χ0) is 17.9. The summed E-state index contributed by atoms with van der Waals surface area (Å²) in [6, 6.07) is 6.45. The van der Waals surface area contributed by atoms with E-state index in [1.54, 1.807) is 39.8 Å². The Labute approximate surface area is 147 Å². The fourth-order valence-electron chi connectivity index (χ4n) is 2.86. The number of carbonyl (C=O) groups excluding carboxylic acids is 2. The second-order valence-corrected chi connectivity index (χ2v) is 7.24. The molecule has 0 aromatic heterocycles. The van der Waals surface area contributed by atoms with Crippen molar-refractivity contribution in [3.8, 4) is 0 Å².